The van der Waals surface area contributed by atoms with Crippen LogP contribution in [0.1, 0.15) is 15.9 Å². The van der Waals surface area contributed by atoms with E-state index in [0.29, 0.717) is 22.2 Å². The maximum atomic E-state index is 12.7. The number of nitrogens with zero attached hydrogens (tertiary/aromatic N) is 3. The molecule has 2 aromatic carbocycles. The lowest BCUT2D eigenvalue weighted by Crippen LogP contribution is -2.23. The number of hydrogen-bond donors (Lipinski definition) is 2. The van der Waals surface area contributed by atoms with Gasteiger partial charge in [-0.15, -0.1) is 5.10 Å². The highest BCUT2D eigenvalue weighted by atomic mass is 35.5. The summed E-state index contributed by atoms with van der Waals surface area (Å²) in [5.74, 6) is 0.743. The molecule has 0 unspecified atom stereocenters. The second-order valence-electron chi connectivity index (χ2n) is 6.64. The fourth-order valence-corrected chi connectivity index (χ4v) is 3.25. The Morgan fingerprint density at radius 3 is 2.71 bits per heavy atom. The quantitative estimate of drug-likeness (QED) is 0.482. The molecule has 9 heteroatoms. The van der Waals surface area contributed by atoms with Gasteiger partial charge in [-0.1, -0.05) is 41.9 Å². The molecule has 4 aromatic rings. The molecule has 4 rings (SSSR count). The molecular formula is C22H18ClN5O3. The van der Waals surface area contributed by atoms with Crippen molar-refractivity contribution in [1.29, 1.82) is 0 Å². The molecule has 0 bridgehead atoms. The van der Waals surface area contributed by atoms with Crippen molar-refractivity contribution in [1.82, 2.24) is 19.7 Å². The Kier molecular flexibility index (Phi) is 5.81. The van der Waals surface area contributed by atoms with E-state index in [0.717, 1.165) is 5.56 Å². The molecule has 0 atom stereocenters. The number of H-pyrrole nitrogens is 1. The van der Waals surface area contributed by atoms with Crippen molar-refractivity contribution in [3.63, 3.8) is 0 Å². The summed E-state index contributed by atoms with van der Waals surface area (Å²) >= 11 is 6.19. The Labute approximate surface area is 182 Å². The number of hydrogen-bond acceptors (Lipinski definition) is 5. The van der Waals surface area contributed by atoms with Crippen molar-refractivity contribution in [3.05, 3.63) is 93.4 Å². The van der Waals surface area contributed by atoms with E-state index >= 15 is 0 Å². The van der Waals surface area contributed by atoms with E-state index in [9.17, 15) is 9.59 Å². The number of ether oxygens (including phenoxy) is 1. The summed E-state index contributed by atoms with van der Waals surface area (Å²) in [5.41, 5.74) is 1.54. The summed E-state index contributed by atoms with van der Waals surface area (Å²) in [6.07, 6.45) is 1.48. The first-order chi connectivity index (χ1) is 15.0. The van der Waals surface area contributed by atoms with Gasteiger partial charge in [-0.05, 0) is 29.8 Å². The first-order valence-electron chi connectivity index (χ1n) is 9.36. The van der Waals surface area contributed by atoms with Gasteiger partial charge in [-0.2, -0.15) is 4.98 Å². The zero-order valence-corrected chi connectivity index (χ0v) is 17.3. The Hall–Kier alpha value is -3.91. The molecule has 31 heavy (non-hydrogen) atoms. The van der Waals surface area contributed by atoms with Gasteiger partial charge in [-0.25, -0.2) is 0 Å². The molecule has 0 fully saturated rings. The normalized spacial score (nSPS) is 10.6. The summed E-state index contributed by atoms with van der Waals surface area (Å²) in [4.78, 5) is 29.2. The van der Waals surface area contributed by atoms with Gasteiger partial charge in [0.25, 0.3) is 11.5 Å². The maximum Gasteiger partial charge on any atom is 0.259 e. The van der Waals surface area contributed by atoms with Gasteiger partial charge in [0.05, 0.1) is 24.8 Å². The molecule has 0 spiro atoms. The van der Waals surface area contributed by atoms with E-state index in [2.05, 4.69) is 20.5 Å². The third-order valence-electron chi connectivity index (χ3n) is 4.62. The van der Waals surface area contributed by atoms with E-state index in [1.54, 1.807) is 19.2 Å². The van der Waals surface area contributed by atoms with Gasteiger partial charge in [0.2, 0.25) is 5.95 Å². The summed E-state index contributed by atoms with van der Waals surface area (Å²) in [5, 5.41) is 10.0. The molecular weight excluding hydrogens is 418 g/mol. The SMILES string of the molecule is COc1ccccc1-c1nc(NC(=O)c2ccc(=O)n(Cc3ccccc3Cl)c2)n[nH]1. The van der Waals surface area contributed by atoms with Crippen LogP contribution in [0.4, 0.5) is 5.95 Å². The van der Waals surface area contributed by atoms with Gasteiger partial charge >= 0.3 is 0 Å². The molecule has 156 valence electrons. The second-order valence-corrected chi connectivity index (χ2v) is 7.04. The molecule has 0 radical (unpaired) electrons. The number of halogens is 1. The number of carbonyl (C=O) groups excluding carboxylic acids is 1. The fourth-order valence-electron chi connectivity index (χ4n) is 3.05. The lowest BCUT2D eigenvalue weighted by Gasteiger charge is -2.09. The van der Waals surface area contributed by atoms with Crippen LogP contribution in [0.25, 0.3) is 11.4 Å². The lowest BCUT2D eigenvalue weighted by molar-refractivity contribution is 0.102. The number of aromatic nitrogens is 4. The molecule has 2 aromatic heterocycles. The number of rotatable bonds is 6. The van der Waals surface area contributed by atoms with Crippen LogP contribution < -0.4 is 15.6 Å². The molecule has 0 aliphatic heterocycles. The minimum absolute atomic E-state index is 0.106. The minimum Gasteiger partial charge on any atom is -0.496 e. The fraction of sp³-hybridized carbons (Fsp3) is 0.0909. The molecule has 2 N–H and O–H groups in total. The summed E-state index contributed by atoms with van der Waals surface area (Å²) in [6.45, 7) is 0.248. The highest BCUT2D eigenvalue weighted by Crippen LogP contribution is 2.27. The third-order valence-corrected chi connectivity index (χ3v) is 4.99. The van der Waals surface area contributed by atoms with E-state index in [4.69, 9.17) is 16.3 Å². The van der Waals surface area contributed by atoms with E-state index < -0.39 is 5.91 Å². The molecule has 0 saturated heterocycles. The van der Waals surface area contributed by atoms with Gasteiger partial charge in [0, 0.05) is 17.3 Å². The predicted molar refractivity (Wildman–Crippen MR) is 118 cm³/mol. The average Bonchev–Trinajstić information content (AvgIpc) is 3.25. The molecule has 2 heterocycles. The summed E-state index contributed by atoms with van der Waals surface area (Å²) < 4.78 is 6.75. The summed E-state index contributed by atoms with van der Waals surface area (Å²) in [7, 11) is 1.56. The van der Waals surface area contributed by atoms with E-state index in [-0.39, 0.29) is 23.6 Å². The molecule has 0 aliphatic carbocycles. The average molecular weight is 436 g/mol. The van der Waals surface area contributed by atoms with E-state index in [1.165, 1.54) is 22.9 Å². The van der Waals surface area contributed by atoms with Gasteiger partial charge < -0.3 is 9.30 Å². The van der Waals surface area contributed by atoms with E-state index in [1.807, 2.05) is 36.4 Å². The topological polar surface area (TPSA) is 102 Å². The van der Waals surface area contributed by atoms with Crippen LogP contribution in [-0.4, -0.2) is 32.8 Å². The van der Waals surface area contributed by atoms with Gasteiger partial charge in [0.1, 0.15) is 5.75 Å². The van der Waals surface area contributed by atoms with Crippen LogP contribution in [0.2, 0.25) is 5.02 Å². The number of carbonyl (C=O) groups is 1. The summed E-state index contributed by atoms with van der Waals surface area (Å²) in [6, 6.07) is 17.3. The number of anilines is 1. The van der Waals surface area contributed by atoms with Gasteiger partial charge in [-0.3, -0.25) is 20.0 Å². The van der Waals surface area contributed by atoms with Crippen LogP contribution in [0.3, 0.4) is 0 Å². The van der Waals surface area contributed by atoms with Crippen LogP contribution in [-0.2, 0) is 6.54 Å². The zero-order chi connectivity index (χ0) is 21.8. The smallest absolute Gasteiger partial charge is 0.259 e. The zero-order valence-electron chi connectivity index (χ0n) is 16.5. The lowest BCUT2D eigenvalue weighted by atomic mass is 10.2. The van der Waals surface area contributed by atoms with Crippen LogP contribution >= 0.6 is 11.6 Å². The molecule has 8 nitrogen and oxygen atoms in total. The molecule has 1 amide bonds. The van der Waals surface area contributed by atoms with Crippen molar-refractivity contribution in [2.75, 3.05) is 12.4 Å². The second kappa shape index (κ2) is 8.85. The number of para-hydroxylation sites is 1. The Morgan fingerprint density at radius 2 is 1.90 bits per heavy atom. The highest BCUT2D eigenvalue weighted by molar-refractivity contribution is 6.31. The number of nitrogens with one attached hydrogen (secondary N) is 2. The van der Waals surface area contributed by atoms with Crippen molar-refractivity contribution < 1.29 is 9.53 Å². The highest BCUT2D eigenvalue weighted by Gasteiger charge is 2.14. The number of amides is 1. The molecule has 0 aliphatic rings. The first-order valence-corrected chi connectivity index (χ1v) is 9.74. The van der Waals surface area contributed by atoms with Gasteiger partial charge in [0.15, 0.2) is 5.82 Å². The Balaban J connectivity index is 1.54. The standard InChI is InChI=1S/C22H18ClN5O3/c1-31-18-9-5-3-7-16(18)20-24-22(27-26-20)25-21(30)15-10-11-19(29)28(13-15)12-14-6-2-4-8-17(14)23/h2-11,13H,12H2,1H3,(H2,24,25,26,27,30). The van der Waals surface area contributed by atoms with Crippen LogP contribution in [0, 0.1) is 0 Å². The Bertz CT molecular complexity index is 1300. The number of methoxy groups -OCH3 is 1. The number of pyridine rings is 1. The molecule has 0 saturated carbocycles. The van der Waals surface area contributed by atoms with Crippen molar-refractivity contribution in [2.24, 2.45) is 0 Å². The largest absolute Gasteiger partial charge is 0.496 e. The number of benzene rings is 2. The van der Waals surface area contributed by atoms with Crippen molar-refractivity contribution in [3.8, 4) is 17.1 Å². The van der Waals surface area contributed by atoms with Crippen LogP contribution in [0.15, 0.2) is 71.7 Å². The third kappa shape index (κ3) is 4.49. The predicted octanol–water partition coefficient (Wildman–Crippen LogP) is 3.60. The van der Waals surface area contributed by atoms with Crippen molar-refractivity contribution in [2.45, 2.75) is 6.54 Å². The van der Waals surface area contributed by atoms with Crippen LogP contribution in [0.5, 0.6) is 5.75 Å². The number of aromatic amines is 1. The van der Waals surface area contributed by atoms with Crippen molar-refractivity contribution >= 4 is 23.5 Å². The first kappa shape index (κ1) is 20.4. The minimum atomic E-state index is -0.446. The maximum absolute atomic E-state index is 12.7. The monoisotopic (exact) mass is 435 g/mol. The Morgan fingerprint density at radius 1 is 1.13 bits per heavy atom.